The number of aliphatic hydroxyl groups is 1. The zero-order chi connectivity index (χ0) is 15.5. The van der Waals surface area contributed by atoms with Crippen LogP contribution in [0.2, 0.25) is 0 Å². The zero-order valence-corrected chi connectivity index (χ0v) is 11.0. The standard InChI is InChI=1S/C13H15F4NO2/c1-7(2)11(6-19)18-12(20)9-5-8(13(15,16)17)3-4-10(9)14/h3-5,7,11,19H,6H2,1-2H3,(H,18,20). The van der Waals surface area contributed by atoms with Gasteiger partial charge in [0.25, 0.3) is 5.91 Å². The van der Waals surface area contributed by atoms with Crippen LogP contribution in [0.4, 0.5) is 17.6 Å². The van der Waals surface area contributed by atoms with E-state index < -0.39 is 35.1 Å². The van der Waals surface area contributed by atoms with E-state index in [1.54, 1.807) is 13.8 Å². The summed E-state index contributed by atoms with van der Waals surface area (Å²) >= 11 is 0. The van der Waals surface area contributed by atoms with Gasteiger partial charge in [0.1, 0.15) is 5.82 Å². The Hall–Kier alpha value is -1.63. The van der Waals surface area contributed by atoms with Crippen LogP contribution in [0.15, 0.2) is 18.2 Å². The monoisotopic (exact) mass is 293 g/mol. The second-order valence-electron chi connectivity index (χ2n) is 4.70. The summed E-state index contributed by atoms with van der Waals surface area (Å²) in [4.78, 5) is 11.8. The molecule has 2 N–H and O–H groups in total. The number of rotatable bonds is 4. The highest BCUT2D eigenvalue weighted by Crippen LogP contribution is 2.30. The van der Waals surface area contributed by atoms with E-state index in [4.69, 9.17) is 5.11 Å². The molecule has 0 radical (unpaired) electrons. The summed E-state index contributed by atoms with van der Waals surface area (Å²) in [5, 5.41) is 11.4. The Balaban J connectivity index is 3.03. The van der Waals surface area contributed by atoms with Gasteiger partial charge >= 0.3 is 6.18 Å². The molecule has 0 bridgehead atoms. The van der Waals surface area contributed by atoms with Crippen molar-refractivity contribution in [3.05, 3.63) is 35.1 Å². The van der Waals surface area contributed by atoms with Gasteiger partial charge in [0.15, 0.2) is 0 Å². The second kappa shape index (κ2) is 6.21. The third kappa shape index (κ3) is 3.93. The zero-order valence-electron chi connectivity index (χ0n) is 11.0. The molecule has 0 aliphatic rings. The number of nitrogens with one attached hydrogen (secondary N) is 1. The molecule has 1 unspecified atom stereocenters. The normalized spacial score (nSPS) is 13.4. The van der Waals surface area contributed by atoms with E-state index in [0.717, 1.165) is 0 Å². The minimum Gasteiger partial charge on any atom is -0.394 e. The van der Waals surface area contributed by atoms with E-state index >= 15 is 0 Å². The van der Waals surface area contributed by atoms with Crippen molar-refractivity contribution in [1.82, 2.24) is 5.32 Å². The molecule has 1 rings (SSSR count). The quantitative estimate of drug-likeness (QED) is 0.838. The Labute approximate surface area is 113 Å². The summed E-state index contributed by atoms with van der Waals surface area (Å²) in [7, 11) is 0. The summed E-state index contributed by atoms with van der Waals surface area (Å²) in [6.45, 7) is 3.04. The largest absolute Gasteiger partial charge is 0.416 e. The van der Waals surface area contributed by atoms with Gasteiger partial charge in [-0.05, 0) is 24.1 Å². The topological polar surface area (TPSA) is 49.3 Å². The van der Waals surface area contributed by atoms with Crippen LogP contribution in [0.3, 0.4) is 0 Å². The summed E-state index contributed by atoms with van der Waals surface area (Å²) in [5.74, 6) is -2.17. The number of carbonyl (C=O) groups is 1. The number of amides is 1. The van der Waals surface area contributed by atoms with Gasteiger partial charge in [-0.3, -0.25) is 4.79 Å². The van der Waals surface area contributed by atoms with E-state index in [0.29, 0.717) is 18.2 Å². The van der Waals surface area contributed by atoms with Crippen LogP contribution in [0, 0.1) is 11.7 Å². The fraction of sp³-hybridized carbons (Fsp3) is 0.462. The van der Waals surface area contributed by atoms with Crippen molar-refractivity contribution in [1.29, 1.82) is 0 Å². The Morgan fingerprint density at radius 1 is 1.35 bits per heavy atom. The van der Waals surface area contributed by atoms with Gasteiger partial charge in [0, 0.05) is 0 Å². The van der Waals surface area contributed by atoms with Crippen molar-refractivity contribution in [2.75, 3.05) is 6.61 Å². The fourth-order valence-electron chi connectivity index (χ4n) is 1.54. The average molecular weight is 293 g/mol. The maximum Gasteiger partial charge on any atom is 0.416 e. The van der Waals surface area contributed by atoms with Gasteiger partial charge in [-0.1, -0.05) is 13.8 Å². The molecule has 7 heteroatoms. The first-order valence-corrected chi connectivity index (χ1v) is 5.95. The van der Waals surface area contributed by atoms with Crippen LogP contribution in [0.5, 0.6) is 0 Å². The predicted octanol–water partition coefficient (Wildman–Crippen LogP) is 2.59. The molecular formula is C13H15F4NO2. The molecule has 0 saturated heterocycles. The second-order valence-corrected chi connectivity index (χ2v) is 4.70. The number of aliphatic hydroxyl groups excluding tert-OH is 1. The number of carbonyl (C=O) groups excluding carboxylic acids is 1. The summed E-state index contributed by atoms with van der Waals surface area (Å²) < 4.78 is 51.1. The molecule has 0 saturated carbocycles. The van der Waals surface area contributed by atoms with E-state index in [9.17, 15) is 22.4 Å². The molecule has 1 atom stereocenters. The van der Waals surface area contributed by atoms with Crippen LogP contribution in [-0.4, -0.2) is 23.7 Å². The highest BCUT2D eigenvalue weighted by atomic mass is 19.4. The third-order valence-electron chi connectivity index (χ3n) is 2.86. The van der Waals surface area contributed by atoms with E-state index in [-0.39, 0.29) is 12.5 Å². The first-order chi connectivity index (χ1) is 9.16. The van der Waals surface area contributed by atoms with E-state index in [1.165, 1.54) is 0 Å². The Morgan fingerprint density at radius 2 is 1.95 bits per heavy atom. The number of hydrogen-bond acceptors (Lipinski definition) is 2. The lowest BCUT2D eigenvalue weighted by Crippen LogP contribution is -2.41. The highest BCUT2D eigenvalue weighted by Gasteiger charge is 2.32. The van der Waals surface area contributed by atoms with E-state index in [2.05, 4.69) is 5.32 Å². The van der Waals surface area contributed by atoms with Crippen molar-refractivity contribution in [2.24, 2.45) is 5.92 Å². The summed E-state index contributed by atoms with van der Waals surface area (Å²) in [5.41, 5.74) is -1.80. The molecule has 0 aromatic heterocycles. The van der Waals surface area contributed by atoms with Gasteiger partial charge < -0.3 is 10.4 Å². The Morgan fingerprint density at radius 3 is 2.40 bits per heavy atom. The molecule has 112 valence electrons. The molecule has 1 aromatic rings. The Kier molecular flexibility index (Phi) is 5.10. The van der Waals surface area contributed by atoms with Gasteiger partial charge in [0.2, 0.25) is 0 Å². The maximum absolute atomic E-state index is 13.5. The van der Waals surface area contributed by atoms with Crippen molar-refractivity contribution in [3.63, 3.8) is 0 Å². The summed E-state index contributed by atoms with van der Waals surface area (Å²) in [6, 6.07) is 0.968. The minimum absolute atomic E-state index is 0.141. The predicted molar refractivity (Wildman–Crippen MR) is 64.6 cm³/mol. The lowest BCUT2D eigenvalue weighted by atomic mass is 10.0. The van der Waals surface area contributed by atoms with Crippen LogP contribution < -0.4 is 5.32 Å². The van der Waals surface area contributed by atoms with Crippen molar-refractivity contribution in [2.45, 2.75) is 26.1 Å². The smallest absolute Gasteiger partial charge is 0.394 e. The molecular weight excluding hydrogens is 278 g/mol. The van der Waals surface area contributed by atoms with Gasteiger partial charge in [-0.25, -0.2) is 4.39 Å². The van der Waals surface area contributed by atoms with Crippen molar-refractivity contribution >= 4 is 5.91 Å². The van der Waals surface area contributed by atoms with Crippen LogP contribution >= 0.6 is 0 Å². The highest BCUT2D eigenvalue weighted by molar-refractivity contribution is 5.94. The maximum atomic E-state index is 13.5. The lowest BCUT2D eigenvalue weighted by Gasteiger charge is -2.20. The number of hydrogen-bond donors (Lipinski definition) is 2. The van der Waals surface area contributed by atoms with Crippen LogP contribution in [-0.2, 0) is 6.18 Å². The van der Waals surface area contributed by atoms with Crippen molar-refractivity contribution < 1.29 is 27.5 Å². The third-order valence-corrected chi connectivity index (χ3v) is 2.86. The first kappa shape index (κ1) is 16.4. The molecule has 20 heavy (non-hydrogen) atoms. The first-order valence-electron chi connectivity index (χ1n) is 5.95. The van der Waals surface area contributed by atoms with Gasteiger partial charge in [0.05, 0.1) is 23.8 Å². The molecule has 1 aromatic carbocycles. The van der Waals surface area contributed by atoms with Crippen LogP contribution in [0.25, 0.3) is 0 Å². The molecule has 1 amide bonds. The molecule has 0 fully saturated rings. The Bertz CT molecular complexity index is 486. The van der Waals surface area contributed by atoms with E-state index in [1.807, 2.05) is 0 Å². The van der Waals surface area contributed by atoms with Gasteiger partial charge in [-0.15, -0.1) is 0 Å². The van der Waals surface area contributed by atoms with Gasteiger partial charge in [-0.2, -0.15) is 13.2 Å². The molecule has 0 aliphatic heterocycles. The molecule has 3 nitrogen and oxygen atoms in total. The molecule has 0 heterocycles. The number of alkyl halides is 3. The number of halogens is 4. The number of benzene rings is 1. The molecule has 0 spiro atoms. The molecule has 0 aliphatic carbocycles. The lowest BCUT2D eigenvalue weighted by molar-refractivity contribution is -0.137. The minimum atomic E-state index is -4.66. The SMILES string of the molecule is CC(C)C(CO)NC(=O)c1cc(C(F)(F)F)ccc1F. The summed E-state index contributed by atoms with van der Waals surface area (Å²) in [6.07, 6.45) is -4.66. The fourth-order valence-corrected chi connectivity index (χ4v) is 1.54. The average Bonchev–Trinajstić information content (AvgIpc) is 2.34. The van der Waals surface area contributed by atoms with Crippen LogP contribution in [0.1, 0.15) is 29.8 Å². The van der Waals surface area contributed by atoms with Crippen molar-refractivity contribution in [3.8, 4) is 0 Å².